The minimum Gasteiger partial charge on any atom is -0.428 e. The largest absolute Gasteiger partial charge is 0.461 e. The number of H-pyrrole nitrogens is 1. The van der Waals surface area contributed by atoms with Gasteiger partial charge in [0.25, 0.3) is 0 Å². The molecule has 0 bridgehead atoms. The number of fused-ring (bicyclic) bond motifs is 1. The van der Waals surface area contributed by atoms with Crippen LogP contribution in [0.25, 0.3) is 22.4 Å². The summed E-state index contributed by atoms with van der Waals surface area (Å²) in [5, 5.41) is 0. The topological polar surface area (TPSA) is 37.9 Å². The van der Waals surface area contributed by atoms with Gasteiger partial charge < -0.3 is 9.72 Å². The lowest BCUT2D eigenvalue weighted by Gasteiger charge is -2.18. The number of aromatic amines is 1. The second-order valence-electron chi connectivity index (χ2n) is 4.56. The molecule has 114 valence electrons. The monoisotopic (exact) mass is 310 g/mol. The fourth-order valence-electron chi connectivity index (χ4n) is 2.02. The summed E-state index contributed by atoms with van der Waals surface area (Å²) in [4.78, 5) is 7.19. The van der Waals surface area contributed by atoms with E-state index in [0.29, 0.717) is 11.0 Å². The number of rotatable bonds is 4. The molecule has 0 saturated carbocycles. The summed E-state index contributed by atoms with van der Waals surface area (Å²) in [7, 11) is 0. The Bertz CT molecular complexity index is 768. The van der Waals surface area contributed by atoms with Gasteiger partial charge in [0.15, 0.2) is 0 Å². The van der Waals surface area contributed by atoms with E-state index < -0.39 is 12.5 Å². The van der Waals surface area contributed by atoms with Gasteiger partial charge >= 0.3 is 12.5 Å². The van der Waals surface area contributed by atoms with E-state index in [1.807, 2.05) is 0 Å². The molecule has 7 heteroatoms. The number of halogens is 4. The lowest BCUT2D eigenvalue weighted by Crippen LogP contribution is -2.33. The molecule has 0 unspecified atom stereocenters. The van der Waals surface area contributed by atoms with Crippen molar-refractivity contribution in [2.24, 2.45) is 0 Å². The van der Waals surface area contributed by atoms with E-state index in [-0.39, 0.29) is 17.1 Å². The molecule has 0 aliphatic carbocycles. The predicted octanol–water partition coefficient (Wildman–Crippen LogP) is 4.47. The van der Waals surface area contributed by atoms with E-state index in [1.165, 1.54) is 18.2 Å². The molecule has 0 atom stereocenters. The molecule has 2 aromatic carbocycles. The van der Waals surface area contributed by atoms with Crippen LogP contribution in [0.4, 0.5) is 17.6 Å². The summed E-state index contributed by atoms with van der Waals surface area (Å²) >= 11 is 0. The summed E-state index contributed by atoms with van der Waals surface area (Å²) in [5.74, 6) is -0.103. The standard InChI is InChI=1S/C15H10F4N2O/c16-14(17)15(18,19)22-12-8-4-1-5-9(12)13-20-10-6-2-3-7-11(10)21-13/h1-8,14H,(H,20,21). The van der Waals surface area contributed by atoms with Gasteiger partial charge in [-0.2, -0.15) is 17.6 Å². The number of nitrogens with zero attached hydrogens (tertiary/aromatic N) is 1. The van der Waals surface area contributed by atoms with Crippen molar-refractivity contribution in [1.82, 2.24) is 9.97 Å². The number of benzene rings is 2. The highest BCUT2D eigenvalue weighted by Gasteiger charge is 2.44. The molecule has 1 N–H and O–H groups in total. The highest BCUT2D eigenvalue weighted by atomic mass is 19.3. The van der Waals surface area contributed by atoms with Crippen LogP contribution in [-0.2, 0) is 0 Å². The normalized spacial score (nSPS) is 12.0. The highest BCUT2D eigenvalue weighted by Crippen LogP contribution is 2.34. The molecule has 0 saturated heterocycles. The number of aromatic nitrogens is 2. The van der Waals surface area contributed by atoms with Crippen molar-refractivity contribution < 1.29 is 22.3 Å². The van der Waals surface area contributed by atoms with Crippen molar-refractivity contribution in [3.05, 3.63) is 48.5 Å². The van der Waals surface area contributed by atoms with Crippen molar-refractivity contribution in [2.75, 3.05) is 0 Å². The smallest absolute Gasteiger partial charge is 0.428 e. The zero-order valence-electron chi connectivity index (χ0n) is 11.1. The van der Waals surface area contributed by atoms with E-state index in [9.17, 15) is 17.6 Å². The third-order valence-corrected chi connectivity index (χ3v) is 3.03. The maximum atomic E-state index is 13.1. The van der Waals surface area contributed by atoms with E-state index in [0.717, 1.165) is 0 Å². The molecule has 0 aliphatic heterocycles. The third kappa shape index (κ3) is 2.61. The minimum absolute atomic E-state index is 0.180. The van der Waals surface area contributed by atoms with Crippen molar-refractivity contribution in [3.63, 3.8) is 0 Å². The van der Waals surface area contributed by atoms with Gasteiger partial charge in [-0.3, -0.25) is 0 Å². The van der Waals surface area contributed by atoms with E-state index in [2.05, 4.69) is 14.7 Å². The lowest BCUT2D eigenvalue weighted by molar-refractivity contribution is -0.253. The average Bonchev–Trinajstić information content (AvgIpc) is 2.91. The van der Waals surface area contributed by atoms with Crippen LogP contribution in [0.5, 0.6) is 5.75 Å². The van der Waals surface area contributed by atoms with Gasteiger partial charge in [0.2, 0.25) is 0 Å². The quantitative estimate of drug-likeness (QED) is 0.722. The molecule has 3 nitrogen and oxygen atoms in total. The maximum Gasteiger partial charge on any atom is 0.461 e. The first kappa shape index (κ1) is 14.4. The van der Waals surface area contributed by atoms with Crippen LogP contribution in [0.2, 0.25) is 0 Å². The number of alkyl halides is 4. The number of hydrogen-bond donors (Lipinski definition) is 1. The third-order valence-electron chi connectivity index (χ3n) is 3.03. The summed E-state index contributed by atoms with van der Waals surface area (Å²) < 4.78 is 55.1. The van der Waals surface area contributed by atoms with Crippen LogP contribution in [0.3, 0.4) is 0 Å². The molecule has 0 amide bonds. The molecule has 0 aliphatic rings. The molecular formula is C15H10F4N2O. The minimum atomic E-state index is -4.57. The van der Waals surface area contributed by atoms with Crippen LogP contribution in [0.15, 0.2) is 48.5 Å². The van der Waals surface area contributed by atoms with Gasteiger partial charge in [0, 0.05) is 0 Å². The summed E-state index contributed by atoms with van der Waals surface area (Å²) in [6, 6.07) is 12.7. The number of para-hydroxylation sites is 3. The Hall–Kier alpha value is -2.57. The number of nitrogens with one attached hydrogen (secondary N) is 1. The fraction of sp³-hybridized carbons (Fsp3) is 0.133. The predicted molar refractivity (Wildman–Crippen MR) is 73.1 cm³/mol. The molecular weight excluding hydrogens is 300 g/mol. The van der Waals surface area contributed by atoms with Crippen LogP contribution in [0, 0.1) is 0 Å². The number of ether oxygens (including phenoxy) is 1. The molecule has 3 rings (SSSR count). The highest BCUT2D eigenvalue weighted by molar-refractivity contribution is 5.80. The Balaban J connectivity index is 2.04. The second kappa shape index (κ2) is 5.32. The van der Waals surface area contributed by atoms with Gasteiger partial charge in [0.1, 0.15) is 11.6 Å². The van der Waals surface area contributed by atoms with Gasteiger partial charge in [-0.15, -0.1) is 0 Å². The van der Waals surface area contributed by atoms with Crippen LogP contribution >= 0.6 is 0 Å². The fourth-order valence-corrected chi connectivity index (χ4v) is 2.02. The van der Waals surface area contributed by atoms with Crippen molar-refractivity contribution in [3.8, 4) is 17.1 Å². The van der Waals surface area contributed by atoms with Crippen molar-refractivity contribution in [2.45, 2.75) is 12.5 Å². The van der Waals surface area contributed by atoms with Crippen LogP contribution in [0.1, 0.15) is 0 Å². The first-order valence-corrected chi connectivity index (χ1v) is 6.36. The molecule has 1 aromatic heterocycles. The SMILES string of the molecule is FC(F)C(F)(F)Oc1ccccc1-c1nc2ccccc2[nH]1. The summed E-state index contributed by atoms with van der Waals surface area (Å²) in [5.41, 5.74) is 1.51. The average molecular weight is 310 g/mol. The summed E-state index contributed by atoms with van der Waals surface area (Å²) in [6.07, 6.45) is -8.49. The number of imidazole rings is 1. The Kier molecular flexibility index (Phi) is 3.48. The molecule has 3 aromatic rings. The second-order valence-corrected chi connectivity index (χ2v) is 4.56. The Labute approximate surface area is 122 Å². The molecule has 0 radical (unpaired) electrons. The van der Waals surface area contributed by atoms with Gasteiger partial charge in [-0.05, 0) is 24.3 Å². The first-order valence-electron chi connectivity index (χ1n) is 6.36. The van der Waals surface area contributed by atoms with Gasteiger partial charge in [-0.1, -0.05) is 24.3 Å². The zero-order valence-corrected chi connectivity index (χ0v) is 11.1. The molecule has 0 fully saturated rings. The van der Waals surface area contributed by atoms with Crippen LogP contribution in [-0.4, -0.2) is 22.5 Å². The molecule has 1 heterocycles. The van der Waals surface area contributed by atoms with Crippen molar-refractivity contribution in [1.29, 1.82) is 0 Å². The Morgan fingerprint density at radius 2 is 1.68 bits per heavy atom. The first-order chi connectivity index (χ1) is 10.5. The maximum absolute atomic E-state index is 13.1. The Morgan fingerprint density at radius 1 is 1.00 bits per heavy atom. The molecule has 22 heavy (non-hydrogen) atoms. The van der Waals surface area contributed by atoms with E-state index in [1.54, 1.807) is 30.3 Å². The molecule has 0 spiro atoms. The van der Waals surface area contributed by atoms with Crippen molar-refractivity contribution >= 4 is 11.0 Å². The van der Waals surface area contributed by atoms with E-state index in [4.69, 9.17) is 0 Å². The van der Waals surface area contributed by atoms with E-state index >= 15 is 0 Å². The van der Waals surface area contributed by atoms with Gasteiger partial charge in [-0.25, -0.2) is 4.98 Å². The summed E-state index contributed by atoms with van der Waals surface area (Å²) in [6.45, 7) is 0. The Morgan fingerprint density at radius 3 is 2.41 bits per heavy atom. The lowest BCUT2D eigenvalue weighted by atomic mass is 10.2. The van der Waals surface area contributed by atoms with Crippen LogP contribution < -0.4 is 4.74 Å². The number of hydrogen-bond acceptors (Lipinski definition) is 2. The zero-order chi connectivity index (χ0) is 15.7. The van der Waals surface area contributed by atoms with Gasteiger partial charge in [0.05, 0.1) is 16.6 Å².